The Morgan fingerprint density at radius 2 is 1.93 bits per heavy atom. The Hall–Kier alpha value is -2.38. The molecule has 0 saturated carbocycles. The van der Waals surface area contributed by atoms with Crippen molar-refractivity contribution in [3.63, 3.8) is 0 Å². The van der Waals surface area contributed by atoms with Crippen LogP contribution in [0.2, 0.25) is 0 Å². The third kappa shape index (κ3) is 8.97. The number of guanidine groups is 1. The molecule has 2 rings (SSSR count). The smallest absolute Gasteiger partial charge is 0.191 e. The lowest BCUT2D eigenvalue weighted by molar-refractivity contribution is 0.145. The molecule has 30 heavy (non-hydrogen) atoms. The third-order valence-electron chi connectivity index (χ3n) is 4.17. The van der Waals surface area contributed by atoms with E-state index in [2.05, 4.69) is 15.6 Å². The van der Waals surface area contributed by atoms with Crippen molar-refractivity contribution in [2.45, 2.75) is 26.4 Å². The van der Waals surface area contributed by atoms with E-state index in [0.29, 0.717) is 43.4 Å². The maximum absolute atomic E-state index is 14.1. The van der Waals surface area contributed by atoms with Crippen LogP contribution < -0.4 is 15.4 Å². The summed E-state index contributed by atoms with van der Waals surface area (Å²) in [5.74, 6) is 0.963. The van der Waals surface area contributed by atoms with Crippen LogP contribution in [-0.2, 0) is 17.8 Å². The van der Waals surface area contributed by atoms with Crippen molar-refractivity contribution in [3.05, 3.63) is 65.0 Å². The number of hydrogen-bond donors (Lipinski definition) is 2. The van der Waals surface area contributed by atoms with E-state index in [9.17, 15) is 4.39 Å². The van der Waals surface area contributed by atoms with Gasteiger partial charge in [-0.3, -0.25) is 0 Å². The summed E-state index contributed by atoms with van der Waals surface area (Å²) in [6, 6.07) is 14.1. The average molecular weight is 526 g/mol. The molecular weight excluding hydrogens is 498 g/mol. The van der Waals surface area contributed by atoms with Gasteiger partial charge in [0.2, 0.25) is 0 Å². The molecular formula is C22H28FIN4O2. The van der Waals surface area contributed by atoms with Crippen molar-refractivity contribution >= 4 is 29.9 Å². The first kappa shape index (κ1) is 25.7. The summed E-state index contributed by atoms with van der Waals surface area (Å²) < 4.78 is 24.6. The van der Waals surface area contributed by atoms with E-state index in [4.69, 9.17) is 14.7 Å². The van der Waals surface area contributed by atoms with Crippen molar-refractivity contribution in [1.29, 1.82) is 5.26 Å². The lowest BCUT2D eigenvalue weighted by Gasteiger charge is -2.13. The van der Waals surface area contributed by atoms with Crippen molar-refractivity contribution in [1.82, 2.24) is 10.6 Å². The molecule has 0 atom stereocenters. The molecule has 0 bridgehead atoms. The Bertz CT molecular complexity index is 838. The largest absolute Gasteiger partial charge is 0.497 e. The summed E-state index contributed by atoms with van der Waals surface area (Å²) in [5, 5.41) is 15.3. The molecule has 0 spiro atoms. The number of methoxy groups -OCH3 is 1. The normalized spacial score (nSPS) is 10.7. The van der Waals surface area contributed by atoms with Crippen LogP contribution in [0.3, 0.4) is 0 Å². The molecule has 0 amide bonds. The molecule has 0 fully saturated rings. The van der Waals surface area contributed by atoms with Crippen molar-refractivity contribution in [2.24, 2.45) is 4.99 Å². The highest BCUT2D eigenvalue weighted by molar-refractivity contribution is 14.0. The van der Waals surface area contributed by atoms with Crippen LogP contribution in [0, 0.1) is 17.1 Å². The maximum atomic E-state index is 14.1. The predicted octanol–water partition coefficient (Wildman–Crippen LogP) is 3.99. The van der Waals surface area contributed by atoms with Gasteiger partial charge in [0.15, 0.2) is 5.96 Å². The molecule has 162 valence electrons. The Kier molecular flexibility index (Phi) is 12.5. The number of rotatable bonds is 10. The number of aliphatic imine (C=N–C) groups is 1. The summed E-state index contributed by atoms with van der Waals surface area (Å²) in [6.45, 7) is 4.74. The number of nitrogens with one attached hydrogen (secondary N) is 2. The fraction of sp³-hybridized carbons (Fsp3) is 0.364. The molecule has 8 heteroatoms. The molecule has 0 heterocycles. The minimum absolute atomic E-state index is 0. The molecule has 6 nitrogen and oxygen atoms in total. The molecule has 0 aliphatic carbocycles. The highest BCUT2D eigenvalue weighted by atomic mass is 127. The fourth-order valence-electron chi connectivity index (χ4n) is 2.54. The van der Waals surface area contributed by atoms with Gasteiger partial charge in [0.1, 0.15) is 11.6 Å². The van der Waals surface area contributed by atoms with E-state index in [1.165, 1.54) is 6.07 Å². The van der Waals surface area contributed by atoms with Crippen LogP contribution in [0.4, 0.5) is 4.39 Å². The van der Waals surface area contributed by atoms with Crippen LogP contribution in [0.25, 0.3) is 0 Å². The SMILES string of the molecule is CCOCCCNC(=NCc1ccc(OC)cc1)NCc1ccc(C#N)cc1F.I. The molecule has 2 N–H and O–H groups in total. The predicted molar refractivity (Wildman–Crippen MR) is 127 cm³/mol. The number of halogens is 2. The van der Waals surface area contributed by atoms with Crippen LogP contribution in [-0.4, -0.2) is 32.8 Å². The van der Waals surface area contributed by atoms with E-state index < -0.39 is 5.82 Å². The van der Waals surface area contributed by atoms with Crippen LogP contribution in [0.15, 0.2) is 47.5 Å². The van der Waals surface area contributed by atoms with Gasteiger partial charge < -0.3 is 20.1 Å². The molecule has 2 aromatic rings. The number of hydrogen-bond acceptors (Lipinski definition) is 4. The number of nitrogens with zero attached hydrogens (tertiary/aromatic N) is 2. The van der Waals surface area contributed by atoms with Gasteiger partial charge in [0, 0.05) is 31.9 Å². The minimum atomic E-state index is -0.414. The topological polar surface area (TPSA) is 78.7 Å². The summed E-state index contributed by atoms with van der Waals surface area (Å²) in [4.78, 5) is 4.58. The molecule has 0 saturated heterocycles. The third-order valence-corrected chi connectivity index (χ3v) is 4.17. The van der Waals surface area contributed by atoms with E-state index >= 15 is 0 Å². The van der Waals surface area contributed by atoms with E-state index in [1.54, 1.807) is 19.2 Å². The lowest BCUT2D eigenvalue weighted by Crippen LogP contribution is -2.38. The van der Waals surface area contributed by atoms with Crippen LogP contribution >= 0.6 is 24.0 Å². The molecule has 0 unspecified atom stereocenters. The number of benzene rings is 2. The standard InChI is InChI=1S/C22H27FN4O2.HI/c1-3-29-12-4-11-25-22(26-15-17-6-9-20(28-2)10-7-17)27-16-19-8-5-18(14-24)13-21(19)23;/h5-10,13H,3-4,11-12,15-16H2,1-2H3,(H2,25,26,27);1H. The van der Waals surface area contributed by atoms with Crippen LogP contribution in [0.5, 0.6) is 5.75 Å². The average Bonchev–Trinajstić information content (AvgIpc) is 2.75. The minimum Gasteiger partial charge on any atom is -0.497 e. The molecule has 2 aromatic carbocycles. The summed E-state index contributed by atoms with van der Waals surface area (Å²) in [7, 11) is 1.63. The zero-order valence-electron chi connectivity index (χ0n) is 17.3. The second-order valence-electron chi connectivity index (χ2n) is 6.26. The molecule has 0 radical (unpaired) electrons. The van der Waals surface area contributed by atoms with E-state index in [-0.39, 0.29) is 30.5 Å². The lowest BCUT2D eigenvalue weighted by atomic mass is 10.1. The van der Waals surface area contributed by atoms with Gasteiger partial charge in [-0.2, -0.15) is 5.26 Å². The highest BCUT2D eigenvalue weighted by Gasteiger charge is 2.06. The second-order valence-corrected chi connectivity index (χ2v) is 6.26. The van der Waals surface area contributed by atoms with Crippen molar-refractivity contribution in [3.8, 4) is 11.8 Å². The maximum Gasteiger partial charge on any atom is 0.191 e. The summed E-state index contributed by atoms with van der Waals surface area (Å²) in [5.41, 5.74) is 1.80. The highest BCUT2D eigenvalue weighted by Crippen LogP contribution is 2.12. The Labute approximate surface area is 194 Å². The van der Waals surface area contributed by atoms with Gasteiger partial charge in [-0.25, -0.2) is 9.38 Å². The fourth-order valence-corrected chi connectivity index (χ4v) is 2.54. The zero-order chi connectivity index (χ0) is 20.9. The van der Waals surface area contributed by atoms with Gasteiger partial charge in [-0.1, -0.05) is 18.2 Å². The number of nitriles is 1. The first-order chi connectivity index (χ1) is 14.2. The Morgan fingerprint density at radius 3 is 2.57 bits per heavy atom. The number of ether oxygens (including phenoxy) is 2. The summed E-state index contributed by atoms with van der Waals surface area (Å²) >= 11 is 0. The Morgan fingerprint density at radius 1 is 1.17 bits per heavy atom. The molecule has 0 aromatic heterocycles. The van der Waals surface area contributed by atoms with Gasteiger partial charge in [-0.15, -0.1) is 24.0 Å². The first-order valence-corrected chi connectivity index (χ1v) is 9.57. The van der Waals surface area contributed by atoms with E-state index in [0.717, 1.165) is 17.7 Å². The zero-order valence-corrected chi connectivity index (χ0v) is 19.6. The van der Waals surface area contributed by atoms with Crippen molar-refractivity contribution in [2.75, 3.05) is 26.9 Å². The first-order valence-electron chi connectivity index (χ1n) is 9.57. The van der Waals surface area contributed by atoms with Gasteiger partial charge in [0.25, 0.3) is 0 Å². The van der Waals surface area contributed by atoms with Crippen molar-refractivity contribution < 1.29 is 13.9 Å². The van der Waals surface area contributed by atoms with E-state index in [1.807, 2.05) is 37.3 Å². The molecule has 0 aliphatic rings. The monoisotopic (exact) mass is 526 g/mol. The molecule has 0 aliphatic heterocycles. The van der Waals surface area contributed by atoms with Crippen LogP contribution in [0.1, 0.15) is 30.0 Å². The quantitative estimate of drug-likeness (QED) is 0.212. The Balaban J connectivity index is 0.00000450. The van der Waals surface area contributed by atoms with Gasteiger partial charge in [-0.05, 0) is 43.2 Å². The second kappa shape index (κ2) is 14.6. The summed E-state index contributed by atoms with van der Waals surface area (Å²) in [6.07, 6.45) is 0.836. The van der Waals surface area contributed by atoms with Gasteiger partial charge in [0.05, 0.1) is 25.3 Å². The van der Waals surface area contributed by atoms with Gasteiger partial charge >= 0.3 is 0 Å².